The van der Waals surface area contributed by atoms with Crippen LogP contribution in [0.3, 0.4) is 0 Å². The number of alkyl halides is 3. The lowest BCUT2D eigenvalue weighted by Gasteiger charge is -2.37. The van der Waals surface area contributed by atoms with Crippen LogP contribution in [0.25, 0.3) is 0 Å². The van der Waals surface area contributed by atoms with E-state index in [1.165, 1.54) is 24.6 Å². The van der Waals surface area contributed by atoms with Crippen LogP contribution in [0.5, 0.6) is 0 Å². The second-order valence-electron chi connectivity index (χ2n) is 9.76. The molecule has 1 heterocycles. The van der Waals surface area contributed by atoms with E-state index in [-0.39, 0.29) is 23.5 Å². The number of carbonyl (C=O) groups excluding carboxylic acids is 2. The maximum Gasteiger partial charge on any atom is 0.416 e. The summed E-state index contributed by atoms with van der Waals surface area (Å²) in [5.41, 5.74) is 6.43. The van der Waals surface area contributed by atoms with Crippen LogP contribution in [0.2, 0.25) is 0 Å². The van der Waals surface area contributed by atoms with Gasteiger partial charge in [-0.3, -0.25) is 15.2 Å². The number of likely N-dealkylation sites (N-methyl/N-ethyl adjacent to an activating group) is 1. The number of rotatable bonds is 5. The highest BCUT2D eigenvalue weighted by Gasteiger charge is 2.36. The standard InChI is InChI=1S/C15H15F3N4O3.C12H17N2/c1-8-11(12(23)25-2)7-21(14(20)24)13(19)22(8)10-5-3-4-9(6-10)15(16,17)18;1-14(2,3)8-7-11-5-4-6-12(9-11)10-13/h3-6,19H,7H2,1-2H3,(H2,20,24);4-6,9H,7-8H2,1-3H3/q;+1. The van der Waals surface area contributed by atoms with Gasteiger partial charge in [0.25, 0.3) is 0 Å². The van der Waals surface area contributed by atoms with Gasteiger partial charge in [-0.05, 0) is 42.8 Å². The third-order valence-corrected chi connectivity index (χ3v) is 5.81. The number of benzene rings is 2. The van der Waals surface area contributed by atoms with Crippen molar-refractivity contribution in [3.63, 3.8) is 0 Å². The Kier molecular flexibility index (Phi) is 9.85. The number of anilines is 1. The number of nitrogens with one attached hydrogen (secondary N) is 1. The SMILES string of the molecule is COC(=O)C1=C(C)N(c2cccc(C(F)(F)F)c2)C(=N)N(C(N)=O)C1.C[N+](C)(C)CCc1cccc(C#N)c1. The predicted octanol–water partition coefficient (Wildman–Crippen LogP) is 4.09. The highest BCUT2D eigenvalue weighted by molar-refractivity contribution is 6.09. The molecule has 0 saturated heterocycles. The van der Waals surface area contributed by atoms with Gasteiger partial charge in [-0.15, -0.1) is 0 Å². The number of esters is 1. The summed E-state index contributed by atoms with van der Waals surface area (Å²) in [6, 6.07) is 13.2. The number of nitriles is 1. The number of primary amides is 1. The smallest absolute Gasteiger partial charge is 0.416 e. The molecular formula is C27H32F3N6O3+. The molecule has 9 nitrogen and oxygen atoms in total. The summed E-state index contributed by atoms with van der Waals surface area (Å²) >= 11 is 0. The number of nitrogens with two attached hydrogens (primary N) is 1. The van der Waals surface area contributed by atoms with E-state index in [1.54, 1.807) is 0 Å². The number of allylic oxidation sites excluding steroid dienone is 1. The molecule has 2 aromatic carbocycles. The average molecular weight is 546 g/mol. The monoisotopic (exact) mass is 545 g/mol. The fourth-order valence-corrected chi connectivity index (χ4v) is 3.68. The molecule has 1 aliphatic heterocycles. The van der Waals surface area contributed by atoms with Crippen molar-refractivity contribution in [1.29, 1.82) is 10.7 Å². The summed E-state index contributed by atoms with van der Waals surface area (Å²) in [7, 11) is 7.65. The lowest BCUT2D eigenvalue weighted by atomic mass is 10.1. The molecule has 0 aromatic heterocycles. The van der Waals surface area contributed by atoms with Crippen LogP contribution < -0.4 is 10.6 Å². The van der Waals surface area contributed by atoms with Crippen molar-refractivity contribution < 1.29 is 32.0 Å². The van der Waals surface area contributed by atoms with Crippen molar-refractivity contribution in [2.45, 2.75) is 19.5 Å². The number of carbonyl (C=O) groups is 2. The van der Waals surface area contributed by atoms with Gasteiger partial charge in [-0.1, -0.05) is 18.2 Å². The van der Waals surface area contributed by atoms with Gasteiger partial charge in [0, 0.05) is 17.8 Å². The normalized spacial score (nSPS) is 13.9. The zero-order chi connectivity index (χ0) is 29.5. The summed E-state index contributed by atoms with van der Waals surface area (Å²) < 4.78 is 44.4. The number of hydrogen-bond acceptors (Lipinski definition) is 5. The van der Waals surface area contributed by atoms with Crippen LogP contribution in [0, 0.1) is 16.7 Å². The molecule has 0 bridgehead atoms. The Labute approximate surface area is 225 Å². The number of guanidine groups is 1. The van der Waals surface area contributed by atoms with Gasteiger partial charge in [0.1, 0.15) is 0 Å². The van der Waals surface area contributed by atoms with Gasteiger partial charge in [-0.25, -0.2) is 9.59 Å². The van der Waals surface area contributed by atoms with Crippen molar-refractivity contribution in [1.82, 2.24) is 4.90 Å². The van der Waals surface area contributed by atoms with Gasteiger partial charge < -0.3 is 15.0 Å². The minimum Gasteiger partial charge on any atom is -0.466 e. The van der Waals surface area contributed by atoms with Crippen molar-refractivity contribution in [2.75, 3.05) is 46.2 Å². The largest absolute Gasteiger partial charge is 0.466 e. The summed E-state index contributed by atoms with van der Waals surface area (Å²) in [5, 5.41) is 16.8. The number of ether oxygens (including phenoxy) is 1. The topological polar surface area (TPSA) is 124 Å². The number of halogens is 3. The molecule has 0 atom stereocenters. The van der Waals surface area contributed by atoms with Crippen molar-refractivity contribution in [2.24, 2.45) is 5.73 Å². The van der Waals surface area contributed by atoms with Gasteiger partial charge in [0.15, 0.2) is 0 Å². The Bertz CT molecular complexity index is 1310. The van der Waals surface area contributed by atoms with E-state index in [1.807, 2.05) is 18.2 Å². The van der Waals surface area contributed by atoms with E-state index in [9.17, 15) is 22.8 Å². The Balaban J connectivity index is 0.000000322. The Hall–Kier alpha value is -4.37. The molecule has 39 heavy (non-hydrogen) atoms. The zero-order valence-corrected chi connectivity index (χ0v) is 22.5. The molecule has 0 saturated carbocycles. The van der Waals surface area contributed by atoms with E-state index in [4.69, 9.17) is 16.4 Å². The number of amides is 2. The van der Waals surface area contributed by atoms with E-state index in [2.05, 4.69) is 38.0 Å². The lowest BCUT2D eigenvalue weighted by Crippen LogP contribution is -2.54. The fourth-order valence-electron chi connectivity index (χ4n) is 3.68. The van der Waals surface area contributed by atoms with E-state index >= 15 is 0 Å². The number of quaternary nitrogens is 1. The van der Waals surface area contributed by atoms with E-state index in [0.29, 0.717) is 0 Å². The number of methoxy groups -OCH3 is 1. The second-order valence-corrected chi connectivity index (χ2v) is 9.76. The highest BCUT2D eigenvalue weighted by Crippen LogP contribution is 2.34. The van der Waals surface area contributed by atoms with Crippen molar-refractivity contribution >= 4 is 23.6 Å². The first kappa shape index (κ1) is 30.9. The molecule has 0 radical (unpaired) electrons. The third kappa shape index (κ3) is 8.31. The molecule has 0 unspecified atom stereocenters. The molecular weight excluding hydrogens is 513 g/mol. The van der Waals surface area contributed by atoms with Crippen LogP contribution in [0.15, 0.2) is 59.8 Å². The van der Waals surface area contributed by atoms with Gasteiger partial charge in [0.05, 0.1) is 64.1 Å². The molecule has 0 aliphatic carbocycles. The Morgan fingerprint density at radius 1 is 1.15 bits per heavy atom. The Morgan fingerprint density at radius 2 is 1.79 bits per heavy atom. The summed E-state index contributed by atoms with van der Waals surface area (Å²) in [4.78, 5) is 25.3. The highest BCUT2D eigenvalue weighted by atomic mass is 19.4. The summed E-state index contributed by atoms with van der Waals surface area (Å²) in [6.45, 7) is 2.23. The van der Waals surface area contributed by atoms with Crippen LogP contribution in [0.1, 0.15) is 23.6 Å². The molecule has 208 valence electrons. The number of nitrogens with zero attached hydrogens (tertiary/aromatic N) is 4. The third-order valence-electron chi connectivity index (χ3n) is 5.81. The molecule has 0 spiro atoms. The van der Waals surface area contributed by atoms with Crippen LogP contribution in [-0.2, 0) is 22.1 Å². The second kappa shape index (κ2) is 12.4. The number of urea groups is 1. The first-order chi connectivity index (χ1) is 18.1. The van der Waals surface area contributed by atoms with Crippen molar-refractivity contribution in [3.05, 3.63) is 76.5 Å². The van der Waals surface area contributed by atoms with Gasteiger partial charge >= 0.3 is 18.2 Å². The molecule has 1 aliphatic rings. The minimum absolute atomic E-state index is 0.00899. The molecule has 3 N–H and O–H groups in total. The molecule has 0 fully saturated rings. The first-order valence-corrected chi connectivity index (χ1v) is 11.8. The summed E-state index contributed by atoms with van der Waals surface area (Å²) in [6.07, 6.45) is -3.56. The lowest BCUT2D eigenvalue weighted by molar-refractivity contribution is -0.870. The fraction of sp³-hybridized carbons (Fsp3) is 0.333. The molecule has 3 rings (SSSR count). The predicted molar refractivity (Wildman–Crippen MR) is 140 cm³/mol. The van der Waals surface area contributed by atoms with E-state index < -0.39 is 29.7 Å². The van der Waals surface area contributed by atoms with Gasteiger partial charge in [-0.2, -0.15) is 18.4 Å². The quantitative estimate of drug-likeness (QED) is 0.433. The number of hydrogen-bond donors (Lipinski definition) is 2. The van der Waals surface area contributed by atoms with Gasteiger partial charge in [0.2, 0.25) is 5.96 Å². The minimum atomic E-state index is -4.58. The molecule has 2 amide bonds. The molecule has 2 aromatic rings. The zero-order valence-electron chi connectivity index (χ0n) is 22.5. The molecule has 12 heteroatoms. The van der Waals surface area contributed by atoms with Crippen LogP contribution in [-0.4, -0.2) is 68.7 Å². The van der Waals surface area contributed by atoms with Crippen LogP contribution in [0.4, 0.5) is 23.7 Å². The van der Waals surface area contributed by atoms with Crippen molar-refractivity contribution in [3.8, 4) is 6.07 Å². The average Bonchev–Trinajstić information content (AvgIpc) is 2.87. The van der Waals surface area contributed by atoms with Crippen LogP contribution >= 0.6 is 0 Å². The first-order valence-electron chi connectivity index (χ1n) is 11.8. The maximum absolute atomic E-state index is 13.0. The maximum atomic E-state index is 13.0. The Morgan fingerprint density at radius 3 is 2.33 bits per heavy atom. The van der Waals surface area contributed by atoms with E-state index in [0.717, 1.165) is 52.1 Å². The summed E-state index contributed by atoms with van der Waals surface area (Å²) in [5.74, 6) is -1.23.